The van der Waals surface area contributed by atoms with Gasteiger partial charge in [-0.3, -0.25) is 18.7 Å². The number of rotatable bonds is 12. The Morgan fingerprint density at radius 3 is 1.28 bits per heavy atom. The van der Waals surface area contributed by atoms with Gasteiger partial charge in [-0.1, -0.05) is 60.7 Å². The highest BCUT2D eigenvalue weighted by molar-refractivity contribution is 7.86. The van der Waals surface area contributed by atoms with Gasteiger partial charge in [-0.15, -0.1) is 0 Å². The topological polar surface area (TPSA) is 167 Å². The van der Waals surface area contributed by atoms with E-state index in [1.54, 1.807) is 60.7 Å². The summed E-state index contributed by atoms with van der Waals surface area (Å²) in [6.45, 7) is 3.76. The van der Waals surface area contributed by atoms with Crippen LogP contribution < -0.4 is 10.6 Å². The highest BCUT2D eigenvalue weighted by atomic mass is 32.2. The van der Waals surface area contributed by atoms with E-state index in [9.17, 15) is 35.5 Å². The van der Waals surface area contributed by atoms with E-state index in [2.05, 4.69) is 10.6 Å². The van der Waals surface area contributed by atoms with Gasteiger partial charge in [0.1, 0.15) is 0 Å². The molecule has 46 heavy (non-hydrogen) atoms. The lowest BCUT2D eigenvalue weighted by atomic mass is 9.82. The normalized spacial score (nSPS) is 14.3. The Balaban J connectivity index is 1.41. The van der Waals surface area contributed by atoms with E-state index in [-0.39, 0.29) is 44.6 Å². The molecule has 0 saturated heterocycles. The van der Waals surface area contributed by atoms with Gasteiger partial charge in [-0.25, -0.2) is 0 Å². The standard InChI is InChI=1S/C34H34N2O8S2/c1-21(15-17-23-9-3-7-13-29(23)45(39,40)41)35-27-19-20-28(32-31(27)33(37)25-11-5-6-12-26(25)34(32)38)36-22(2)16-18-24-10-4-8-14-30(24)46(42,43)44/h3-14,19-22,35-36H,15-18H2,1-2H3,(H,39,40,41)(H,42,43,44). The summed E-state index contributed by atoms with van der Waals surface area (Å²) in [6.07, 6.45) is 1.59. The van der Waals surface area contributed by atoms with Crippen molar-refractivity contribution in [3.05, 3.63) is 118 Å². The average Bonchev–Trinajstić information content (AvgIpc) is 3.01. The van der Waals surface area contributed by atoms with Gasteiger partial charge in [0.05, 0.1) is 20.9 Å². The maximum atomic E-state index is 13.9. The van der Waals surface area contributed by atoms with Crippen molar-refractivity contribution >= 4 is 43.2 Å². The molecular weight excluding hydrogens is 629 g/mol. The van der Waals surface area contributed by atoms with Crippen LogP contribution in [0.1, 0.15) is 69.7 Å². The van der Waals surface area contributed by atoms with Crippen LogP contribution in [0, 0.1) is 0 Å². The van der Waals surface area contributed by atoms with Crippen LogP contribution >= 0.6 is 0 Å². The Morgan fingerprint density at radius 2 is 0.913 bits per heavy atom. The number of carbonyl (C=O) groups excluding carboxylic acids is 2. The van der Waals surface area contributed by atoms with Gasteiger partial charge in [0, 0.05) is 34.6 Å². The summed E-state index contributed by atoms with van der Waals surface area (Å²) in [7, 11) is -8.77. The Bertz CT molecular complexity index is 1900. The molecule has 0 aliphatic heterocycles. The van der Waals surface area contributed by atoms with E-state index in [0.717, 1.165) is 0 Å². The Hall–Kier alpha value is -4.36. The van der Waals surface area contributed by atoms with Crippen LogP contribution in [0.5, 0.6) is 0 Å². The van der Waals surface area contributed by atoms with Crippen molar-refractivity contribution in [1.29, 1.82) is 0 Å². The van der Waals surface area contributed by atoms with E-state index in [1.165, 1.54) is 24.3 Å². The SMILES string of the molecule is CC(CCc1ccccc1S(=O)(=O)O)Nc1ccc(NC(C)CCc2ccccc2S(=O)(=O)O)c2c1C(=O)c1ccccc1C2=O. The molecule has 0 spiro atoms. The van der Waals surface area contributed by atoms with Crippen molar-refractivity contribution in [2.45, 2.75) is 61.4 Å². The zero-order valence-electron chi connectivity index (χ0n) is 25.2. The second-order valence-corrected chi connectivity index (χ2v) is 14.2. The van der Waals surface area contributed by atoms with Gasteiger partial charge in [-0.2, -0.15) is 16.8 Å². The summed E-state index contributed by atoms with van der Waals surface area (Å²) in [5.41, 5.74) is 2.89. The molecule has 4 aromatic carbocycles. The van der Waals surface area contributed by atoms with Crippen LogP contribution in [0.2, 0.25) is 0 Å². The number of anilines is 2. The fourth-order valence-corrected chi connectivity index (χ4v) is 7.31. The first-order chi connectivity index (χ1) is 21.8. The third-order valence-corrected chi connectivity index (χ3v) is 9.98. The van der Waals surface area contributed by atoms with Crippen molar-refractivity contribution in [3.8, 4) is 0 Å². The molecule has 0 aromatic heterocycles. The van der Waals surface area contributed by atoms with Crippen LogP contribution in [0.25, 0.3) is 0 Å². The largest absolute Gasteiger partial charge is 0.382 e. The first-order valence-electron chi connectivity index (χ1n) is 14.7. The second kappa shape index (κ2) is 13.2. The molecule has 0 fully saturated rings. The molecule has 0 radical (unpaired) electrons. The fraction of sp³-hybridized carbons (Fsp3) is 0.235. The minimum atomic E-state index is -4.39. The monoisotopic (exact) mass is 662 g/mol. The van der Waals surface area contributed by atoms with Gasteiger partial charge in [0.25, 0.3) is 20.2 Å². The van der Waals surface area contributed by atoms with Gasteiger partial charge >= 0.3 is 0 Å². The van der Waals surface area contributed by atoms with Crippen LogP contribution in [0.3, 0.4) is 0 Å². The second-order valence-electron chi connectivity index (χ2n) is 11.4. The summed E-state index contributed by atoms with van der Waals surface area (Å²) in [5, 5.41) is 6.67. The molecule has 1 aliphatic carbocycles. The van der Waals surface area contributed by atoms with Crippen molar-refractivity contribution in [3.63, 3.8) is 0 Å². The highest BCUT2D eigenvalue weighted by Gasteiger charge is 2.34. The van der Waals surface area contributed by atoms with Crippen LogP contribution in [-0.2, 0) is 33.1 Å². The predicted molar refractivity (Wildman–Crippen MR) is 175 cm³/mol. The van der Waals surface area contributed by atoms with Gasteiger partial charge < -0.3 is 10.6 Å². The molecule has 12 heteroatoms. The molecule has 240 valence electrons. The number of aryl methyl sites for hydroxylation is 2. The summed E-state index contributed by atoms with van der Waals surface area (Å²) in [6, 6.07) is 22.0. The summed E-state index contributed by atoms with van der Waals surface area (Å²) < 4.78 is 66.5. The number of nitrogens with one attached hydrogen (secondary N) is 2. The summed E-state index contributed by atoms with van der Waals surface area (Å²) >= 11 is 0. The molecule has 10 nitrogen and oxygen atoms in total. The van der Waals surface area contributed by atoms with E-state index >= 15 is 0 Å². The van der Waals surface area contributed by atoms with Crippen molar-refractivity contribution < 1.29 is 35.5 Å². The van der Waals surface area contributed by atoms with Crippen molar-refractivity contribution in [2.24, 2.45) is 0 Å². The molecule has 4 aromatic rings. The molecule has 1 aliphatic rings. The number of fused-ring (bicyclic) bond motifs is 2. The molecular formula is C34H34N2O8S2. The van der Waals surface area contributed by atoms with Crippen molar-refractivity contribution in [2.75, 3.05) is 10.6 Å². The molecule has 0 saturated carbocycles. The number of hydrogen-bond acceptors (Lipinski definition) is 8. The lowest BCUT2D eigenvalue weighted by Crippen LogP contribution is -2.27. The maximum absolute atomic E-state index is 13.9. The Kier molecular flexibility index (Phi) is 9.45. The molecule has 0 bridgehead atoms. The first-order valence-corrected chi connectivity index (χ1v) is 17.6. The highest BCUT2D eigenvalue weighted by Crippen LogP contribution is 2.37. The maximum Gasteiger partial charge on any atom is 0.294 e. The number of carbonyl (C=O) groups is 2. The Labute approximate surface area is 268 Å². The molecule has 0 heterocycles. The smallest absolute Gasteiger partial charge is 0.294 e. The molecule has 2 unspecified atom stereocenters. The molecule has 0 amide bonds. The predicted octanol–water partition coefficient (Wildman–Crippen LogP) is 5.82. The van der Waals surface area contributed by atoms with E-state index in [0.29, 0.717) is 59.3 Å². The minimum Gasteiger partial charge on any atom is -0.382 e. The Morgan fingerprint density at radius 1 is 0.565 bits per heavy atom. The van der Waals surface area contributed by atoms with Crippen LogP contribution in [-0.4, -0.2) is 49.6 Å². The van der Waals surface area contributed by atoms with E-state index < -0.39 is 20.2 Å². The molecule has 5 rings (SSSR count). The van der Waals surface area contributed by atoms with Gasteiger partial charge in [-0.05, 0) is 74.9 Å². The van der Waals surface area contributed by atoms with Crippen LogP contribution in [0.4, 0.5) is 11.4 Å². The van der Waals surface area contributed by atoms with E-state index in [4.69, 9.17) is 0 Å². The molecule has 2 atom stereocenters. The zero-order chi connectivity index (χ0) is 33.2. The number of benzene rings is 4. The first kappa shape index (κ1) is 33.0. The fourth-order valence-electron chi connectivity index (χ4n) is 5.81. The van der Waals surface area contributed by atoms with Crippen LogP contribution in [0.15, 0.2) is 94.7 Å². The summed E-state index contributed by atoms with van der Waals surface area (Å²) in [5.74, 6) is -0.620. The minimum absolute atomic E-state index is 0.150. The van der Waals surface area contributed by atoms with E-state index in [1.807, 2.05) is 13.8 Å². The van der Waals surface area contributed by atoms with Crippen molar-refractivity contribution in [1.82, 2.24) is 0 Å². The third-order valence-electron chi connectivity index (χ3n) is 8.07. The summed E-state index contributed by atoms with van der Waals surface area (Å²) in [4.78, 5) is 27.5. The molecule has 4 N–H and O–H groups in total. The average molecular weight is 663 g/mol. The number of ketones is 2. The van der Waals surface area contributed by atoms with Gasteiger partial charge in [0.2, 0.25) is 0 Å². The lowest BCUT2D eigenvalue weighted by molar-refractivity contribution is 0.0980. The lowest BCUT2D eigenvalue weighted by Gasteiger charge is -2.27. The van der Waals surface area contributed by atoms with Gasteiger partial charge in [0.15, 0.2) is 11.6 Å². The zero-order valence-corrected chi connectivity index (χ0v) is 26.9. The number of hydrogen-bond donors (Lipinski definition) is 4. The quantitative estimate of drug-likeness (QED) is 0.120. The third kappa shape index (κ3) is 7.05.